The van der Waals surface area contributed by atoms with Gasteiger partial charge in [-0.2, -0.15) is 5.26 Å². The van der Waals surface area contributed by atoms with Gasteiger partial charge < -0.3 is 14.1 Å². The number of para-hydroxylation sites is 2. The monoisotopic (exact) mass is 335 g/mol. The average molecular weight is 335 g/mol. The van der Waals surface area contributed by atoms with Crippen LogP contribution in [-0.2, 0) is 4.74 Å². The molecule has 1 fully saturated rings. The summed E-state index contributed by atoms with van der Waals surface area (Å²) in [5.74, 6) is 0.304. The van der Waals surface area contributed by atoms with Crippen molar-refractivity contribution in [3.63, 3.8) is 0 Å². The van der Waals surface area contributed by atoms with Gasteiger partial charge in [-0.05, 0) is 25.1 Å². The normalized spacial score (nSPS) is 15.9. The zero-order chi connectivity index (χ0) is 17.2. The fourth-order valence-corrected chi connectivity index (χ4v) is 2.89. The van der Waals surface area contributed by atoms with Crippen LogP contribution in [0.3, 0.4) is 0 Å². The molecule has 1 aromatic carbocycles. The summed E-state index contributed by atoms with van der Waals surface area (Å²) in [4.78, 5) is 15.6. The summed E-state index contributed by atoms with van der Waals surface area (Å²) in [6.07, 6.45) is 0. The molecule has 7 heteroatoms. The predicted octanol–water partition coefficient (Wildman–Crippen LogP) is 2.42. The van der Waals surface area contributed by atoms with Crippen molar-refractivity contribution in [2.75, 3.05) is 31.2 Å². The Morgan fingerprint density at radius 1 is 1.16 bits per heavy atom. The van der Waals surface area contributed by atoms with Gasteiger partial charge in [0.15, 0.2) is 11.5 Å². The molecule has 25 heavy (non-hydrogen) atoms. The number of morpholine rings is 1. The number of oxazole rings is 1. The largest absolute Gasteiger partial charge is 0.439 e. The minimum atomic E-state index is -0.672. The standard InChI is InChI=1S/C18H17N5O2/c1-12-10-15(22-18(20-12)23-6-8-24-9-7-23)13(11-19)17-21-14-4-2-3-5-16(14)25-17/h2-5,10,13H,6-9H2,1H3. The van der Waals surface area contributed by atoms with Crippen LogP contribution in [0.1, 0.15) is 23.2 Å². The molecular formula is C18H17N5O2. The van der Waals surface area contributed by atoms with Crippen molar-refractivity contribution in [3.8, 4) is 6.07 Å². The molecule has 0 bridgehead atoms. The molecule has 4 rings (SSSR count). The molecule has 0 spiro atoms. The highest BCUT2D eigenvalue weighted by Gasteiger charge is 2.24. The lowest BCUT2D eigenvalue weighted by molar-refractivity contribution is 0.122. The fourth-order valence-electron chi connectivity index (χ4n) is 2.89. The van der Waals surface area contributed by atoms with E-state index < -0.39 is 5.92 Å². The van der Waals surface area contributed by atoms with Crippen molar-refractivity contribution in [1.82, 2.24) is 15.0 Å². The minimum absolute atomic E-state index is 0.356. The molecule has 0 aliphatic carbocycles. The van der Waals surface area contributed by atoms with Gasteiger partial charge in [-0.15, -0.1) is 0 Å². The number of fused-ring (bicyclic) bond motifs is 1. The van der Waals surface area contributed by atoms with Gasteiger partial charge in [0.2, 0.25) is 11.8 Å². The molecule has 0 N–H and O–H groups in total. The van der Waals surface area contributed by atoms with E-state index in [-0.39, 0.29) is 0 Å². The van der Waals surface area contributed by atoms with Crippen LogP contribution in [0.4, 0.5) is 5.95 Å². The van der Waals surface area contributed by atoms with E-state index in [0.29, 0.717) is 36.3 Å². The molecular weight excluding hydrogens is 318 g/mol. The van der Waals surface area contributed by atoms with E-state index in [0.717, 1.165) is 24.3 Å². The molecule has 126 valence electrons. The summed E-state index contributed by atoms with van der Waals surface area (Å²) in [6.45, 7) is 4.68. The highest BCUT2D eigenvalue weighted by molar-refractivity contribution is 5.72. The van der Waals surface area contributed by atoms with E-state index in [1.807, 2.05) is 37.3 Å². The lowest BCUT2D eigenvalue weighted by Crippen LogP contribution is -2.37. The molecule has 1 saturated heterocycles. The molecule has 1 aliphatic heterocycles. The van der Waals surface area contributed by atoms with Crippen molar-refractivity contribution in [2.24, 2.45) is 0 Å². The lowest BCUT2D eigenvalue weighted by atomic mass is 10.1. The Labute approximate surface area is 144 Å². The highest BCUT2D eigenvalue weighted by Crippen LogP contribution is 2.27. The molecule has 7 nitrogen and oxygen atoms in total. The first-order valence-corrected chi connectivity index (χ1v) is 8.18. The van der Waals surface area contributed by atoms with E-state index in [4.69, 9.17) is 9.15 Å². The number of benzene rings is 1. The third-order valence-corrected chi connectivity index (χ3v) is 4.14. The Morgan fingerprint density at radius 2 is 1.96 bits per heavy atom. The maximum atomic E-state index is 9.71. The second-order valence-electron chi connectivity index (χ2n) is 5.92. The zero-order valence-corrected chi connectivity index (χ0v) is 13.8. The average Bonchev–Trinajstić information content (AvgIpc) is 3.06. The highest BCUT2D eigenvalue weighted by atomic mass is 16.5. The van der Waals surface area contributed by atoms with Crippen molar-refractivity contribution in [3.05, 3.63) is 47.6 Å². The third kappa shape index (κ3) is 3.04. The Balaban J connectivity index is 1.73. The molecule has 0 amide bonds. The Morgan fingerprint density at radius 3 is 2.72 bits per heavy atom. The second-order valence-corrected chi connectivity index (χ2v) is 5.92. The van der Waals surface area contributed by atoms with Crippen molar-refractivity contribution in [1.29, 1.82) is 5.26 Å². The Kier molecular flexibility index (Phi) is 4.04. The van der Waals surface area contributed by atoms with Crippen LogP contribution in [0.25, 0.3) is 11.1 Å². The number of nitriles is 1. The van der Waals surface area contributed by atoms with Gasteiger partial charge >= 0.3 is 0 Å². The Hall–Kier alpha value is -2.98. The molecule has 1 atom stereocenters. The van der Waals surface area contributed by atoms with Crippen molar-refractivity contribution in [2.45, 2.75) is 12.8 Å². The van der Waals surface area contributed by atoms with Crippen LogP contribution in [0, 0.1) is 18.3 Å². The summed E-state index contributed by atoms with van der Waals surface area (Å²) in [5, 5.41) is 9.71. The van der Waals surface area contributed by atoms with Crippen LogP contribution >= 0.6 is 0 Å². The van der Waals surface area contributed by atoms with Crippen LogP contribution in [0.15, 0.2) is 34.7 Å². The topological polar surface area (TPSA) is 88.1 Å². The Bertz CT molecular complexity index is 907. The van der Waals surface area contributed by atoms with E-state index in [2.05, 4.69) is 25.9 Å². The van der Waals surface area contributed by atoms with Crippen LogP contribution in [-0.4, -0.2) is 41.3 Å². The van der Waals surface area contributed by atoms with Gasteiger partial charge in [-0.25, -0.2) is 15.0 Å². The number of hydrogen-bond donors (Lipinski definition) is 0. The lowest BCUT2D eigenvalue weighted by Gasteiger charge is -2.27. The number of hydrogen-bond acceptors (Lipinski definition) is 7. The number of nitrogens with zero attached hydrogens (tertiary/aromatic N) is 5. The number of anilines is 1. The molecule has 0 saturated carbocycles. The number of rotatable bonds is 3. The third-order valence-electron chi connectivity index (χ3n) is 4.14. The van der Waals surface area contributed by atoms with Crippen molar-refractivity contribution < 1.29 is 9.15 Å². The fraction of sp³-hybridized carbons (Fsp3) is 0.333. The van der Waals surface area contributed by atoms with Gasteiger partial charge in [0.05, 0.1) is 25.0 Å². The molecule has 1 aliphatic rings. The number of ether oxygens (including phenoxy) is 1. The summed E-state index contributed by atoms with van der Waals surface area (Å²) in [7, 11) is 0. The predicted molar refractivity (Wildman–Crippen MR) is 91.3 cm³/mol. The zero-order valence-electron chi connectivity index (χ0n) is 13.8. The summed E-state index contributed by atoms with van der Waals surface area (Å²) < 4.78 is 11.2. The van der Waals surface area contributed by atoms with Crippen LogP contribution in [0.2, 0.25) is 0 Å². The number of aryl methyl sites for hydroxylation is 1. The molecule has 2 aromatic heterocycles. The van der Waals surface area contributed by atoms with Crippen LogP contribution in [0.5, 0.6) is 0 Å². The first kappa shape index (κ1) is 15.5. The SMILES string of the molecule is Cc1cc(C(C#N)c2nc3ccccc3o2)nc(N2CCOCC2)n1. The summed E-state index contributed by atoms with van der Waals surface area (Å²) >= 11 is 0. The molecule has 3 aromatic rings. The summed E-state index contributed by atoms with van der Waals surface area (Å²) in [5.41, 5.74) is 2.81. The summed E-state index contributed by atoms with van der Waals surface area (Å²) in [6, 6.07) is 11.5. The quantitative estimate of drug-likeness (QED) is 0.726. The second kappa shape index (κ2) is 6.49. The molecule has 0 radical (unpaired) electrons. The van der Waals surface area contributed by atoms with Gasteiger partial charge in [-0.3, -0.25) is 0 Å². The van der Waals surface area contributed by atoms with E-state index in [9.17, 15) is 5.26 Å². The smallest absolute Gasteiger partial charge is 0.225 e. The maximum absolute atomic E-state index is 9.71. The van der Waals surface area contributed by atoms with Gasteiger partial charge in [0.1, 0.15) is 5.52 Å². The van der Waals surface area contributed by atoms with Gasteiger partial charge in [0.25, 0.3) is 0 Å². The molecule has 1 unspecified atom stereocenters. The first-order chi connectivity index (χ1) is 12.2. The van der Waals surface area contributed by atoms with E-state index >= 15 is 0 Å². The van der Waals surface area contributed by atoms with E-state index in [1.165, 1.54) is 0 Å². The van der Waals surface area contributed by atoms with Crippen molar-refractivity contribution >= 4 is 17.0 Å². The first-order valence-electron chi connectivity index (χ1n) is 8.18. The van der Waals surface area contributed by atoms with E-state index in [1.54, 1.807) is 0 Å². The maximum Gasteiger partial charge on any atom is 0.225 e. The van der Waals surface area contributed by atoms with Crippen LogP contribution < -0.4 is 4.90 Å². The number of aromatic nitrogens is 3. The minimum Gasteiger partial charge on any atom is -0.439 e. The van der Waals surface area contributed by atoms with Gasteiger partial charge in [-0.1, -0.05) is 12.1 Å². The van der Waals surface area contributed by atoms with Gasteiger partial charge in [0, 0.05) is 18.8 Å². The molecule has 3 heterocycles.